The Morgan fingerprint density at radius 3 is 2.60 bits per heavy atom. The molecule has 0 unspecified atom stereocenters. The first kappa shape index (κ1) is 14.6. The highest BCUT2D eigenvalue weighted by molar-refractivity contribution is 6.35. The van der Waals surface area contributed by atoms with Gasteiger partial charge in [0, 0.05) is 18.4 Å². The average Bonchev–Trinajstić information content (AvgIpc) is 2.38. The molecule has 0 spiro atoms. The maximum Gasteiger partial charge on any atom is 0.234 e. The Balaban J connectivity index is 2.40. The van der Waals surface area contributed by atoms with Crippen LogP contribution in [0.2, 0.25) is 5.02 Å². The van der Waals surface area contributed by atoms with Crippen LogP contribution in [0.1, 0.15) is 25.3 Å². The average molecular weight is 292 g/mol. The zero-order valence-corrected chi connectivity index (χ0v) is 11.8. The number of piperidine rings is 1. The molecular formula is C15H14ClNO3. The summed E-state index contributed by atoms with van der Waals surface area (Å²) in [6.45, 7) is 1.62. The van der Waals surface area contributed by atoms with Crippen LogP contribution in [0.4, 0.5) is 5.69 Å². The number of halogens is 1. The first-order valence-corrected chi connectivity index (χ1v) is 6.65. The van der Waals surface area contributed by atoms with Gasteiger partial charge in [0.15, 0.2) is 0 Å². The van der Waals surface area contributed by atoms with E-state index in [1.165, 1.54) is 0 Å². The summed E-state index contributed by atoms with van der Waals surface area (Å²) in [7, 11) is 0. The fourth-order valence-electron chi connectivity index (χ4n) is 2.16. The van der Waals surface area contributed by atoms with Crippen molar-refractivity contribution in [2.75, 3.05) is 11.5 Å². The van der Waals surface area contributed by atoms with E-state index in [2.05, 4.69) is 11.8 Å². The molecule has 0 aromatic heterocycles. The lowest BCUT2D eigenvalue weighted by molar-refractivity contribution is -0.130. The van der Waals surface area contributed by atoms with Crippen LogP contribution in [0, 0.1) is 17.8 Å². The summed E-state index contributed by atoms with van der Waals surface area (Å²) >= 11 is 6.09. The minimum Gasteiger partial charge on any atom is -0.384 e. The third kappa shape index (κ3) is 3.01. The van der Waals surface area contributed by atoms with Gasteiger partial charge in [-0.15, -0.1) is 0 Å². The van der Waals surface area contributed by atoms with Crippen molar-refractivity contribution in [2.24, 2.45) is 5.92 Å². The van der Waals surface area contributed by atoms with Gasteiger partial charge in [-0.2, -0.15) is 0 Å². The molecule has 0 aliphatic carbocycles. The molecule has 5 heteroatoms. The molecule has 2 amide bonds. The Morgan fingerprint density at radius 1 is 1.35 bits per heavy atom. The van der Waals surface area contributed by atoms with Crippen molar-refractivity contribution < 1.29 is 14.7 Å². The van der Waals surface area contributed by atoms with E-state index in [-0.39, 0.29) is 24.3 Å². The molecule has 2 rings (SSSR count). The van der Waals surface area contributed by atoms with Crippen molar-refractivity contribution in [1.82, 2.24) is 0 Å². The van der Waals surface area contributed by atoms with Crippen LogP contribution in [0.25, 0.3) is 0 Å². The molecule has 0 bridgehead atoms. The van der Waals surface area contributed by atoms with Crippen molar-refractivity contribution in [1.29, 1.82) is 0 Å². The Bertz CT molecular complexity index is 597. The molecule has 1 N–H and O–H groups in total. The summed E-state index contributed by atoms with van der Waals surface area (Å²) in [6, 6.07) is 4.86. The van der Waals surface area contributed by atoms with E-state index >= 15 is 0 Å². The molecule has 1 fully saturated rings. The van der Waals surface area contributed by atoms with Gasteiger partial charge in [-0.3, -0.25) is 9.59 Å². The summed E-state index contributed by atoms with van der Waals surface area (Å²) in [5, 5.41) is 9.02. The van der Waals surface area contributed by atoms with Crippen molar-refractivity contribution in [2.45, 2.75) is 19.8 Å². The number of carbonyl (C=O) groups excluding carboxylic acids is 2. The number of rotatable bonds is 1. The second-order valence-corrected chi connectivity index (χ2v) is 5.17. The molecule has 0 atom stereocenters. The van der Waals surface area contributed by atoms with Crippen molar-refractivity contribution in [3.63, 3.8) is 0 Å². The fraction of sp³-hybridized carbons (Fsp3) is 0.333. The topological polar surface area (TPSA) is 57.6 Å². The van der Waals surface area contributed by atoms with Gasteiger partial charge in [0.2, 0.25) is 11.8 Å². The smallest absolute Gasteiger partial charge is 0.234 e. The number of hydrogen-bond acceptors (Lipinski definition) is 3. The number of benzene rings is 1. The Labute approximate surface area is 122 Å². The molecule has 4 nitrogen and oxygen atoms in total. The highest BCUT2D eigenvalue weighted by Crippen LogP contribution is 2.31. The number of hydrogen-bond donors (Lipinski definition) is 1. The number of anilines is 1. The van der Waals surface area contributed by atoms with Crippen LogP contribution in [0.3, 0.4) is 0 Å². The van der Waals surface area contributed by atoms with Gasteiger partial charge in [0.25, 0.3) is 0 Å². The van der Waals surface area contributed by atoms with E-state index in [1.807, 2.05) is 6.92 Å². The predicted molar refractivity (Wildman–Crippen MR) is 76.3 cm³/mol. The van der Waals surface area contributed by atoms with Crippen molar-refractivity contribution in [3.05, 3.63) is 28.8 Å². The monoisotopic (exact) mass is 291 g/mol. The van der Waals surface area contributed by atoms with Crippen LogP contribution >= 0.6 is 11.6 Å². The minimum absolute atomic E-state index is 0.0578. The second-order valence-electron chi connectivity index (χ2n) is 4.76. The Kier molecular flexibility index (Phi) is 4.43. The van der Waals surface area contributed by atoms with Crippen LogP contribution in [0.15, 0.2) is 18.2 Å². The zero-order valence-electron chi connectivity index (χ0n) is 11.0. The lowest BCUT2D eigenvalue weighted by Crippen LogP contribution is -2.43. The molecule has 20 heavy (non-hydrogen) atoms. The minimum atomic E-state index is -0.253. The summed E-state index contributed by atoms with van der Waals surface area (Å²) in [4.78, 5) is 25.3. The lowest BCUT2D eigenvalue weighted by Gasteiger charge is -2.29. The van der Waals surface area contributed by atoms with Gasteiger partial charge < -0.3 is 5.11 Å². The number of aliphatic hydroxyl groups is 1. The largest absolute Gasteiger partial charge is 0.384 e. The zero-order chi connectivity index (χ0) is 14.7. The normalized spacial score (nSPS) is 16.1. The first-order valence-electron chi connectivity index (χ1n) is 6.28. The predicted octanol–water partition coefficient (Wildman–Crippen LogP) is 1.97. The number of nitrogens with zero attached hydrogens (tertiary/aromatic N) is 1. The van der Waals surface area contributed by atoms with Crippen molar-refractivity contribution in [3.8, 4) is 11.8 Å². The number of carbonyl (C=O) groups is 2. The number of imide groups is 1. The molecular weight excluding hydrogens is 278 g/mol. The molecule has 0 radical (unpaired) electrons. The molecule has 1 aromatic rings. The van der Waals surface area contributed by atoms with Crippen LogP contribution in [-0.2, 0) is 9.59 Å². The van der Waals surface area contributed by atoms with Gasteiger partial charge >= 0.3 is 0 Å². The van der Waals surface area contributed by atoms with E-state index in [0.717, 1.165) is 4.90 Å². The fourth-order valence-corrected chi connectivity index (χ4v) is 2.36. The molecule has 1 aliphatic heterocycles. The van der Waals surface area contributed by atoms with Gasteiger partial charge in [-0.1, -0.05) is 30.4 Å². The molecule has 0 saturated carbocycles. The van der Waals surface area contributed by atoms with E-state index in [9.17, 15) is 9.59 Å². The molecule has 1 aliphatic rings. The third-order valence-electron chi connectivity index (χ3n) is 3.04. The van der Waals surface area contributed by atoms with E-state index in [1.54, 1.807) is 18.2 Å². The van der Waals surface area contributed by atoms with Gasteiger partial charge in [-0.05, 0) is 24.1 Å². The quantitative estimate of drug-likeness (QED) is 0.636. The third-order valence-corrected chi connectivity index (χ3v) is 3.36. The van der Waals surface area contributed by atoms with E-state index in [0.29, 0.717) is 29.1 Å². The first-order chi connectivity index (χ1) is 9.52. The standard InChI is InChI=1S/C15H14ClNO3/c1-10-7-14(19)17(15(20)8-10)13-9-11(3-2-6-18)4-5-12(13)16/h4-5,9-10,18H,6-8H2,1H3. The Hall–Kier alpha value is -1.83. The van der Waals surface area contributed by atoms with Crippen LogP contribution in [-0.4, -0.2) is 23.5 Å². The maximum absolute atomic E-state index is 12.1. The maximum atomic E-state index is 12.1. The van der Waals surface area contributed by atoms with Crippen LogP contribution < -0.4 is 4.90 Å². The highest BCUT2D eigenvalue weighted by Gasteiger charge is 2.32. The molecule has 1 heterocycles. The summed E-state index contributed by atoms with van der Waals surface area (Å²) in [5.41, 5.74) is 0.955. The van der Waals surface area contributed by atoms with E-state index < -0.39 is 0 Å². The van der Waals surface area contributed by atoms with Gasteiger partial charge in [0.05, 0.1) is 10.7 Å². The highest BCUT2D eigenvalue weighted by atomic mass is 35.5. The Morgan fingerprint density at radius 2 is 2.00 bits per heavy atom. The molecule has 104 valence electrons. The molecule has 1 saturated heterocycles. The molecule has 1 aromatic carbocycles. The number of aliphatic hydroxyl groups excluding tert-OH is 1. The van der Waals surface area contributed by atoms with Crippen molar-refractivity contribution >= 4 is 29.1 Å². The summed E-state index contributed by atoms with van der Waals surface area (Å²) in [6.07, 6.45) is 0.656. The summed E-state index contributed by atoms with van der Waals surface area (Å²) in [5.74, 6) is 4.81. The van der Waals surface area contributed by atoms with E-state index in [4.69, 9.17) is 16.7 Å². The summed E-state index contributed by atoms with van der Waals surface area (Å²) < 4.78 is 0. The van der Waals surface area contributed by atoms with Gasteiger partial charge in [-0.25, -0.2) is 4.90 Å². The van der Waals surface area contributed by atoms with Crippen LogP contribution in [0.5, 0.6) is 0 Å². The van der Waals surface area contributed by atoms with Gasteiger partial charge in [0.1, 0.15) is 6.61 Å². The lowest BCUT2D eigenvalue weighted by atomic mass is 9.97. The SMILES string of the molecule is CC1CC(=O)N(c2cc(C#CCO)ccc2Cl)C(=O)C1. The second kappa shape index (κ2) is 6.08. The number of amides is 2.